The van der Waals surface area contributed by atoms with Crippen molar-refractivity contribution >= 4 is 5.82 Å². The molecule has 0 saturated heterocycles. The average molecular weight is 233 g/mol. The smallest absolute Gasteiger partial charge is 0.200 e. The standard InChI is InChI=1S/C11H12FN5/c1-6-4-14-10(15-5-6)11-16-7(2)8(12)9(13-3)17-11/h4-5H,1-3H3,(H,13,16,17). The second-order valence-electron chi connectivity index (χ2n) is 3.63. The molecule has 0 aliphatic heterocycles. The van der Waals surface area contributed by atoms with E-state index in [4.69, 9.17) is 0 Å². The predicted octanol–water partition coefficient (Wildman–Crippen LogP) is 1.73. The summed E-state index contributed by atoms with van der Waals surface area (Å²) in [6.07, 6.45) is 3.34. The molecule has 2 heterocycles. The van der Waals surface area contributed by atoms with Gasteiger partial charge in [-0.2, -0.15) is 0 Å². The first-order valence-electron chi connectivity index (χ1n) is 5.12. The lowest BCUT2D eigenvalue weighted by atomic mass is 10.3. The monoisotopic (exact) mass is 233 g/mol. The Hall–Kier alpha value is -2.11. The SMILES string of the molecule is CNc1nc(-c2ncc(C)cn2)nc(C)c1F. The summed E-state index contributed by atoms with van der Waals surface area (Å²) in [6, 6.07) is 0. The lowest BCUT2D eigenvalue weighted by Crippen LogP contribution is -2.05. The number of nitrogens with zero attached hydrogens (tertiary/aromatic N) is 4. The first kappa shape index (κ1) is 11.4. The highest BCUT2D eigenvalue weighted by Gasteiger charge is 2.12. The molecule has 0 atom stereocenters. The maximum atomic E-state index is 13.5. The molecule has 0 aliphatic rings. The molecule has 0 fully saturated rings. The fourth-order valence-electron chi connectivity index (χ4n) is 1.33. The lowest BCUT2D eigenvalue weighted by molar-refractivity contribution is 0.607. The largest absolute Gasteiger partial charge is 0.371 e. The summed E-state index contributed by atoms with van der Waals surface area (Å²) in [5.41, 5.74) is 1.21. The lowest BCUT2D eigenvalue weighted by Gasteiger charge is -2.06. The molecule has 0 unspecified atom stereocenters. The van der Waals surface area contributed by atoms with Crippen LogP contribution in [0.5, 0.6) is 0 Å². The zero-order valence-corrected chi connectivity index (χ0v) is 9.82. The highest BCUT2D eigenvalue weighted by Crippen LogP contribution is 2.17. The van der Waals surface area contributed by atoms with Gasteiger partial charge in [0, 0.05) is 19.4 Å². The van der Waals surface area contributed by atoms with Crippen molar-refractivity contribution in [1.82, 2.24) is 19.9 Å². The summed E-state index contributed by atoms with van der Waals surface area (Å²) in [4.78, 5) is 16.3. The molecule has 5 nitrogen and oxygen atoms in total. The summed E-state index contributed by atoms with van der Waals surface area (Å²) >= 11 is 0. The van der Waals surface area contributed by atoms with Crippen molar-refractivity contribution < 1.29 is 4.39 Å². The number of hydrogen-bond donors (Lipinski definition) is 1. The molecule has 2 rings (SSSR count). The Labute approximate surface area is 98.2 Å². The summed E-state index contributed by atoms with van der Waals surface area (Å²) in [5.74, 6) is 0.392. The minimum Gasteiger partial charge on any atom is -0.371 e. The van der Waals surface area contributed by atoms with Crippen molar-refractivity contribution in [3.8, 4) is 11.6 Å². The molecular formula is C11H12FN5. The number of hydrogen-bond acceptors (Lipinski definition) is 5. The van der Waals surface area contributed by atoms with E-state index in [1.807, 2.05) is 6.92 Å². The fraction of sp³-hybridized carbons (Fsp3) is 0.273. The van der Waals surface area contributed by atoms with E-state index in [0.29, 0.717) is 11.6 Å². The average Bonchev–Trinajstić information content (AvgIpc) is 2.33. The Morgan fingerprint density at radius 3 is 2.29 bits per heavy atom. The first-order valence-corrected chi connectivity index (χ1v) is 5.12. The summed E-state index contributed by atoms with van der Waals surface area (Å²) in [7, 11) is 1.60. The van der Waals surface area contributed by atoms with Crippen LogP contribution >= 0.6 is 0 Å². The summed E-state index contributed by atoms with van der Waals surface area (Å²) < 4.78 is 13.5. The van der Waals surface area contributed by atoms with Gasteiger partial charge in [0.05, 0.1) is 5.69 Å². The third-order valence-corrected chi connectivity index (χ3v) is 2.23. The van der Waals surface area contributed by atoms with E-state index in [1.165, 1.54) is 0 Å². The first-order chi connectivity index (χ1) is 8.11. The molecule has 1 N–H and O–H groups in total. The Kier molecular flexibility index (Phi) is 2.95. The Bertz CT molecular complexity index is 538. The van der Waals surface area contributed by atoms with Crippen LogP contribution < -0.4 is 5.32 Å². The Balaban J connectivity index is 2.52. The van der Waals surface area contributed by atoms with Crippen LogP contribution in [0.3, 0.4) is 0 Å². The van der Waals surface area contributed by atoms with Gasteiger partial charge in [-0.3, -0.25) is 0 Å². The highest BCUT2D eigenvalue weighted by atomic mass is 19.1. The number of rotatable bonds is 2. The van der Waals surface area contributed by atoms with Crippen molar-refractivity contribution in [2.45, 2.75) is 13.8 Å². The molecule has 2 aromatic rings. The zero-order chi connectivity index (χ0) is 12.4. The van der Waals surface area contributed by atoms with E-state index < -0.39 is 5.82 Å². The molecule has 0 saturated carbocycles. The highest BCUT2D eigenvalue weighted by molar-refractivity contribution is 5.49. The number of aryl methyl sites for hydroxylation is 2. The van der Waals surface area contributed by atoms with Crippen LogP contribution in [-0.4, -0.2) is 27.0 Å². The molecule has 17 heavy (non-hydrogen) atoms. The van der Waals surface area contributed by atoms with Crippen LogP contribution in [0.2, 0.25) is 0 Å². The van der Waals surface area contributed by atoms with Gasteiger partial charge in [0.2, 0.25) is 0 Å². The molecule has 0 aromatic carbocycles. The quantitative estimate of drug-likeness (QED) is 0.855. The van der Waals surface area contributed by atoms with Gasteiger partial charge in [0.15, 0.2) is 23.3 Å². The van der Waals surface area contributed by atoms with E-state index >= 15 is 0 Å². The molecule has 88 valence electrons. The second kappa shape index (κ2) is 4.40. The number of nitrogens with one attached hydrogen (secondary N) is 1. The van der Waals surface area contributed by atoms with Crippen LogP contribution in [-0.2, 0) is 0 Å². The van der Waals surface area contributed by atoms with Gasteiger partial charge in [-0.25, -0.2) is 24.3 Å². The third kappa shape index (κ3) is 2.20. The number of aromatic nitrogens is 4. The number of anilines is 1. The second-order valence-corrected chi connectivity index (χ2v) is 3.63. The van der Waals surface area contributed by atoms with Crippen LogP contribution in [0.15, 0.2) is 12.4 Å². The maximum Gasteiger partial charge on any atom is 0.200 e. The molecule has 0 radical (unpaired) electrons. The van der Waals surface area contributed by atoms with Crippen LogP contribution in [0.1, 0.15) is 11.3 Å². The molecule has 0 spiro atoms. The van der Waals surface area contributed by atoms with Gasteiger partial charge in [-0.15, -0.1) is 0 Å². The molecular weight excluding hydrogens is 221 g/mol. The Morgan fingerprint density at radius 1 is 1.06 bits per heavy atom. The van der Waals surface area contributed by atoms with Gasteiger partial charge in [0.1, 0.15) is 0 Å². The Morgan fingerprint density at radius 2 is 1.71 bits per heavy atom. The van der Waals surface area contributed by atoms with E-state index in [9.17, 15) is 4.39 Å². The molecule has 0 bridgehead atoms. The van der Waals surface area contributed by atoms with Crippen molar-refractivity contribution in [2.24, 2.45) is 0 Å². The predicted molar refractivity (Wildman–Crippen MR) is 62.0 cm³/mol. The topological polar surface area (TPSA) is 63.6 Å². The van der Waals surface area contributed by atoms with Crippen molar-refractivity contribution in [3.05, 3.63) is 29.5 Å². The summed E-state index contributed by atoms with van der Waals surface area (Å²) in [5, 5.41) is 2.68. The van der Waals surface area contributed by atoms with Gasteiger partial charge in [0.25, 0.3) is 0 Å². The zero-order valence-electron chi connectivity index (χ0n) is 9.82. The van der Waals surface area contributed by atoms with Crippen LogP contribution in [0, 0.1) is 19.7 Å². The van der Waals surface area contributed by atoms with Gasteiger partial charge in [-0.1, -0.05) is 0 Å². The van der Waals surface area contributed by atoms with Gasteiger partial charge in [-0.05, 0) is 19.4 Å². The summed E-state index contributed by atoms with van der Waals surface area (Å²) in [6.45, 7) is 3.47. The minimum absolute atomic E-state index is 0.150. The molecule has 0 amide bonds. The van der Waals surface area contributed by atoms with Gasteiger partial charge < -0.3 is 5.32 Å². The number of halogens is 1. The van der Waals surface area contributed by atoms with Crippen molar-refractivity contribution in [3.63, 3.8) is 0 Å². The normalized spacial score (nSPS) is 10.4. The van der Waals surface area contributed by atoms with Gasteiger partial charge >= 0.3 is 0 Å². The van der Waals surface area contributed by atoms with Crippen molar-refractivity contribution in [1.29, 1.82) is 0 Å². The maximum absolute atomic E-state index is 13.5. The molecule has 2 aromatic heterocycles. The molecule has 0 aliphatic carbocycles. The van der Waals surface area contributed by atoms with Crippen LogP contribution in [0.25, 0.3) is 11.6 Å². The minimum atomic E-state index is -0.455. The third-order valence-electron chi connectivity index (χ3n) is 2.23. The van der Waals surface area contributed by atoms with Crippen LogP contribution in [0.4, 0.5) is 10.2 Å². The van der Waals surface area contributed by atoms with E-state index in [1.54, 1.807) is 26.4 Å². The van der Waals surface area contributed by atoms with E-state index in [-0.39, 0.29) is 11.5 Å². The van der Waals surface area contributed by atoms with E-state index in [0.717, 1.165) is 5.56 Å². The molecule has 6 heteroatoms. The van der Waals surface area contributed by atoms with Crippen molar-refractivity contribution in [2.75, 3.05) is 12.4 Å². The fourth-order valence-corrected chi connectivity index (χ4v) is 1.33. The van der Waals surface area contributed by atoms with E-state index in [2.05, 4.69) is 25.3 Å².